The zero-order valence-electron chi connectivity index (χ0n) is 7.69. The molecule has 0 amide bonds. The molecule has 0 bridgehead atoms. The maximum atomic E-state index is 5.64. The second kappa shape index (κ2) is 5.85. The fraction of sp³-hybridized carbons (Fsp3) is 0.714. The molecule has 0 saturated carbocycles. The Morgan fingerprint density at radius 2 is 2.15 bits per heavy atom. The lowest BCUT2D eigenvalue weighted by atomic mass is 10.3. The third-order valence-electron chi connectivity index (χ3n) is 1.36. The van der Waals surface area contributed by atoms with Crippen molar-refractivity contribution in [3.63, 3.8) is 0 Å². The van der Waals surface area contributed by atoms with Crippen LogP contribution in [-0.4, -0.2) is 28.2 Å². The SMILES string of the molecule is CSc1nnc(SCCC(C)N)s1. The summed E-state index contributed by atoms with van der Waals surface area (Å²) in [5.41, 5.74) is 5.64. The molecule has 1 aromatic rings. The Morgan fingerprint density at radius 3 is 2.69 bits per heavy atom. The fourth-order valence-corrected chi connectivity index (χ4v) is 3.32. The summed E-state index contributed by atoms with van der Waals surface area (Å²) in [6.07, 6.45) is 3.04. The molecule has 2 N–H and O–H groups in total. The van der Waals surface area contributed by atoms with Gasteiger partial charge in [0, 0.05) is 11.8 Å². The van der Waals surface area contributed by atoms with Gasteiger partial charge in [0.05, 0.1) is 0 Å². The summed E-state index contributed by atoms with van der Waals surface area (Å²) in [7, 11) is 0. The molecule has 3 nitrogen and oxygen atoms in total. The van der Waals surface area contributed by atoms with Gasteiger partial charge in [-0.15, -0.1) is 10.2 Å². The maximum absolute atomic E-state index is 5.64. The highest BCUT2D eigenvalue weighted by molar-refractivity contribution is 8.02. The number of rotatable bonds is 5. The maximum Gasteiger partial charge on any atom is 0.175 e. The highest BCUT2D eigenvalue weighted by Gasteiger charge is 2.03. The third kappa shape index (κ3) is 4.30. The fourth-order valence-electron chi connectivity index (χ4n) is 0.670. The topological polar surface area (TPSA) is 51.8 Å². The van der Waals surface area contributed by atoms with Gasteiger partial charge in [-0.2, -0.15) is 0 Å². The van der Waals surface area contributed by atoms with Crippen molar-refractivity contribution in [3.8, 4) is 0 Å². The van der Waals surface area contributed by atoms with Gasteiger partial charge in [-0.25, -0.2) is 0 Å². The molecule has 0 fully saturated rings. The number of thioether (sulfide) groups is 2. The summed E-state index contributed by atoms with van der Waals surface area (Å²) in [5, 5.41) is 8.07. The van der Waals surface area contributed by atoms with Crippen molar-refractivity contribution in [2.45, 2.75) is 28.1 Å². The minimum absolute atomic E-state index is 0.278. The predicted molar refractivity (Wildman–Crippen MR) is 60.7 cm³/mol. The molecular formula is C7H13N3S3. The average molecular weight is 235 g/mol. The first-order chi connectivity index (χ1) is 6.22. The summed E-state index contributed by atoms with van der Waals surface area (Å²) >= 11 is 5.02. The molecule has 1 rings (SSSR count). The summed E-state index contributed by atoms with van der Waals surface area (Å²) in [6, 6.07) is 0.278. The lowest BCUT2D eigenvalue weighted by molar-refractivity contribution is 0.721. The van der Waals surface area contributed by atoms with Crippen molar-refractivity contribution in [2.75, 3.05) is 12.0 Å². The number of nitrogens with two attached hydrogens (primary N) is 1. The molecular weight excluding hydrogens is 222 g/mol. The first-order valence-corrected chi connectivity index (χ1v) is 7.01. The van der Waals surface area contributed by atoms with Crippen LogP contribution < -0.4 is 5.73 Å². The van der Waals surface area contributed by atoms with E-state index < -0.39 is 0 Å². The summed E-state index contributed by atoms with van der Waals surface area (Å²) in [6.45, 7) is 2.02. The van der Waals surface area contributed by atoms with E-state index in [9.17, 15) is 0 Å². The highest BCUT2D eigenvalue weighted by atomic mass is 32.2. The van der Waals surface area contributed by atoms with Crippen LogP contribution in [0.4, 0.5) is 0 Å². The first kappa shape index (κ1) is 11.3. The zero-order valence-corrected chi connectivity index (χ0v) is 10.1. The predicted octanol–water partition coefficient (Wildman–Crippen LogP) is 2.09. The van der Waals surface area contributed by atoms with Crippen LogP contribution in [0.25, 0.3) is 0 Å². The van der Waals surface area contributed by atoms with Crippen molar-refractivity contribution < 1.29 is 0 Å². The van der Waals surface area contributed by atoms with E-state index in [1.807, 2.05) is 13.2 Å². The number of aromatic nitrogens is 2. The summed E-state index contributed by atoms with van der Waals surface area (Å²) in [5.74, 6) is 1.03. The Kier molecular flexibility index (Phi) is 5.08. The Balaban J connectivity index is 2.28. The highest BCUT2D eigenvalue weighted by Crippen LogP contribution is 2.27. The normalized spacial score (nSPS) is 13.2. The Bertz CT molecular complexity index is 249. The van der Waals surface area contributed by atoms with Crippen LogP contribution in [0, 0.1) is 0 Å². The van der Waals surface area contributed by atoms with Gasteiger partial charge in [0.25, 0.3) is 0 Å². The minimum Gasteiger partial charge on any atom is -0.328 e. The van der Waals surface area contributed by atoms with Gasteiger partial charge in [-0.1, -0.05) is 34.9 Å². The molecule has 1 atom stereocenters. The second-order valence-electron chi connectivity index (χ2n) is 2.65. The van der Waals surface area contributed by atoms with Crippen molar-refractivity contribution in [2.24, 2.45) is 5.73 Å². The van der Waals surface area contributed by atoms with E-state index >= 15 is 0 Å². The van der Waals surface area contributed by atoms with Crippen LogP contribution in [0.1, 0.15) is 13.3 Å². The molecule has 0 aliphatic carbocycles. The van der Waals surface area contributed by atoms with Crippen LogP contribution in [0.2, 0.25) is 0 Å². The molecule has 0 radical (unpaired) electrons. The van der Waals surface area contributed by atoms with E-state index in [1.54, 1.807) is 34.9 Å². The summed E-state index contributed by atoms with van der Waals surface area (Å²) in [4.78, 5) is 0. The molecule has 1 unspecified atom stereocenters. The van der Waals surface area contributed by atoms with Crippen molar-refractivity contribution in [3.05, 3.63) is 0 Å². The second-order valence-corrected chi connectivity index (χ2v) is 6.03. The zero-order chi connectivity index (χ0) is 9.68. The van der Waals surface area contributed by atoms with Crippen LogP contribution in [0.5, 0.6) is 0 Å². The Morgan fingerprint density at radius 1 is 1.46 bits per heavy atom. The van der Waals surface area contributed by atoms with Crippen molar-refractivity contribution in [1.29, 1.82) is 0 Å². The molecule has 6 heteroatoms. The van der Waals surface area contributed by atoms with Crippen LogP contribution in [0.3, 0.4) is 0 Å². The molecule has 0 spiro atoms. The lowest BCUT2D eigenvalue weighted by Crippen LogP contribution is -2.15. The van der Waals surface area contributed by atoms with Crippen molar-refractivity contribution >= 4 is 34.9 Å². The van der Waals surface area contributed by atoms with Crippen LogP contribution in [-0.2, 0) is 0 Å². The standard InChI is InChI=1S/C7H13N3S3/c1-5(8)3-4-12-7-10-9-6(11-2)13-7/h5H,3-4,8H2,1-2H3. The lowest BCUT2D eigenvalue weighted by Gasteiger charge is -2.00. The number of nitrogens with zero attached hydrogens (tertiary/aromatic N) is 2. The molecule has 0 aliphatic rings. The molecule has 74 valence electrons. The van der Waals surface area contributed by atoms with Crippen LogP contribution >= 0.6 is 34.9 Å². The Labute approximate surface area is 90.9 Å². The van der Waals surface area contributed by atoms with Crippen LogP contribution in [0.15, 0.2) is 8.68 Å². The van der Waals surface area contributed by atoms with Gasteiger partial charge >= 0.3 is 0 Å². The molecule has 1 aromatic heterocycles. The molecule has 0 saturated heterocycles. The van der Waals surface area contributed by atoms with Gasteiger partial charge in [0.1, 0.15) is 0 Å². The minimum atomic E-state index is 0.278. The molecule has 13 heavy (non-hydrogen) atoms. The van der Waals surface area contributed by atoms with E-state index in [4.69, 9.17) is 5.73 Å². The Hall–Kier alpha value is 0.220. The number of hydrogen-bond donors (Lipinski definition) is 1. The third-order valence-corrected chi connectivity index (χ3v) is 4.43. The molecule has 0 aromatic carbocycles. The summed E-state index contributed by atoms with van der Waals surface area (Å²) < 4.78 is 2.08. The van der Waals surface area contributed by atoms with E-state index in [1.165, 1.54) is 0 Å². The number of hydrogen-bond acceptors (Lipinski definition) is 6. The first-order valence-electron chi connectivity index (χ1n) is 3.98. The van der Waals surface area contributed by atoms with Gasteiger partial charge in [0.2, 0.25) is 0 Å². The van der Waals surface area contributed by atoms with E-state index in [0.29, 0.717) is 0 Å². The van der Waals surface area contributed by atoms with Gasteiger partial charge in [0.15, 0.2) is 8.68 Å². The van der Waals surface area contributed by atoms with E-state index in [0.717, 1.165) is 20.9 Å². The average Bonchev–Trinajstić information content (AvgIpc) is 2.52. The molecule has 1 heterocycles. The quantitative estimate of drug-likeness (QED) is 0.792. The van der Waals surface area contributed by atoms with Gasteiger partial charge < -0.3 is 5.73 Å². The van der Waals surface area contributed by atoms with Crippen molar-refractivity contribution in [1.82, 2.24) is 10.2 Å². The smallest absolute Gasteiger partial charge is 0.175 e. The van der Waals surface area contributed by atoms with Gasteiger partial charge in [-0.05, 0) is 19.6 Å². The molecule has 0 aliphatic heterocycles. The largest absolute Gasteiger partial charge is 0.328 e. The van der Waals surface area contributed by atoms with Gasteiger partial charge in [-0.3, -0.25) is 0 Å². The van der Waals surface area contributed by atoms with E-state index in [-0.39, 0.29) is 6.04 Å². The monoisotopic (exact) mass is 235 g/mol. The van der Waals surface area contributed by atoms with E-state index in [2.05, 4.69) is 10.2 Å².